The van der Waals surface area contributed by atoms with Gasteiger partial charge in [0.1, 0.15) is 11.6 Å². The minimum Gasteiger partial charge on any atom is -0.495 e. The van der Waals surface area contributed by atoms with Crippen LogP contribution in [0.1, 0.15) is 43.4 Å². The van der Waals surface area contributed by atoms with E-state index in [1.165, 1.54) is 0 Å². The van der Waals surface area contributed by atoms with Crippen LogP contribution in [0.25, 0.3) is 0 Å². The van der Waals surface area contributed by atoms with Gasteiger partial charge in [-0.25, -0.2) is 9.78 Å². The predicted octanol–water partition coefficient (Wildman–Crippen LogP) is 4.45. The van der Waals surface area contributed by atoms with Gasteiger partial charge in [0.05, 0.1) is 18.8 Å². The Labute approximate surface area is 227 Å². The quantitative estimate of drug-likeness (QED) is 0.413. The van der Waals surface area contributed by atoms with Crippen LogP contribution < -0.4 is 25.6 Å². The van der Waals surface area contributed by atoms with Crippen LogP contribution in [-0.4, -0.2) is 48.1 Å². The summed E-state index contributed by atoms with van der Waals surface area (Å²) in [5.41, 5.74) is 2.29. The Hall–Kier alpha value is -3.85. The molecule has 5 rings (SSSR count). The molecule has 3 aromatic rings. The molecular weight excluding hydrogens is 504 g/mol. The van der Waals surface area contributed by atoms with Crippen molar-refractivity contribution in [1.82, 2.24) is 20.6 Å². The molecule has 2 atom stereocenters. The number of anilines is 2. The van der Waals surface area contributed by atoms with Crippen molar-refractivity contribution < 1.29 is 14.3 Å². The third kappa shape index (κ3) is 5.83. The highest BCUT2D eigenvalue weighted by molar-refractivity contribution is 6.30. The lowest BCUT2D eigenvalue weighted by Crippen LogP contribution is -2.51. The molecule has 0 radical (unpaired) electrons. The minimum absolute atomic E-state index is 0.0314. The Morgan fingerprint density at radius 3 is 2.45 bits per heavy atom. The van der Waals surface area contributed by atoms with Crippen molar-refractivity contribution in [2.75, 3.05) is 30.4 Å². The molecule has 3 N–H and O–H groups in total. The predicted molar refractivity (Wildman–Crippen MR) is 147 cm³/mol. The highest BCUT2D eigenvalue weighted by Gasteiger charge is 2.45. The summed E-state index contributed by atoms with van der Waals surface area (Å²) in [6.45, 7) is 2.90. The number of aromatic nitrogens is 2. The number of carbonyl (C=O) groups excluding carboxylic acids is 2. The van der Waals surface area contributed by atoms with E-state index < -0.39 is 0 Å². The zero-order valence-electron chi connectivity index (χ0n) is 21.4. The van der Waals surface area contributed by atoms with E-state index >= 15 is 0 Å². The number of benzene rings is 1. The molecule has 38 heavy (non-hydrogen) atoms. The number of urea groups is 1. The van der Waals surface area contributed by atoms with Crippen LogP contribution >= 0.6 is 11.6 Å². The van der Waals surface area contributed by atoms with Gasteiger partial charge in [0.25, 0.3) is 0 Å². The molecule has 198 valence electrons. The summed E-state index contributed by atoms with van der Waals surface area (Å²) in [7, 11) is 1.61. The average Bonchev–Trinajstić information content (AvgIpc) is 3.70. The standard InChI is InChI=1S/C28H31ClN6O3/c1-18(36)34-28(12-13-28)19-3-10-26(31-15-19)35-14-11-25(23(17-35)24-9-8-22(38-2)16-30-24)33-27(37)32-21-6-4-20(29)5-7-21/h3-10,15-16,23,25H,11-14,17H2,1-2H3,(H,34,36)(H2,32,33,37). The van der Waals surface area contributed by atoms with Gasteiger partial charge in [-0.1, -0.05) is 17.7 Å². The molecule has 9 nitrogen and oxygen atoms in total. The van der Waals surface area contributed by atoms with E-state index in [0.29, 0.717) is 29.4 Å². The van der Waals surface area contributed by atoms with Gasteiger partial charge in [0, 0.05) is 54.6 Å². The van der Waals surface area contributed by atoms with E-state index in [-0.39, 0.29) is 29.4 Å². The fourth-order valence-corrected chi connectivity index (χ4v) is 5.16. The van der Waals surface area contributed by atoms with Crippen LogP contribution in [0.2, 0.25) is 5.02 Å². The number of hydrogen-bond donors (Lipinski definition) is 3. The van der Waals surface area contributed by atoms with E-state index in [1.54, 1.807) is 44.5 Å². The van der Waals surface area contributed by atoms with E-state index in [9.17, 15) is 9.59 Å². The van der Waals surface area contributed by atoms with Crippen molar-refractivity contribution in [3.63, 3.8) is 0 Å². The molecule has 2 aliphatic rings. The third-order valence-corrected chi connectivity index (χ3v) is 7.45. The van der Waals surface area contributed by atoms with Gasteiger partial charge in [-0.15, -0.1) is 0 Å². The summed E-state index contributed by atoms with van der Waals surface area (Å²) in [4.78, 5) is 36.1. The monoisotopic (exact) mass is 534 g/mol. The van der Waals surface area contributed by atoms with Gasteiger partial charge in [-0.05, 0) is 67.3 Å². The van der Waals surface area contributed by atoms with Gasteiger partial charge in [0.15, 0.2) is 0 Å². The molecule has 1 saturated heterocycles. The lowest BCUT2D eigenvalue weighted by Gasteiger charge is -2.39. The highest BCUT2D eigenvalue weighted by Crippen LogP contribution is 2.45. The zero-order chi connectivity index (χ0) is 26.7. The van der Waals surface area contributed by atoms with Crippen molar-refractivity contribution >= 4 is 35.0 Å². The molecule has 0 bridgehead atoms. The average molecular weight is 535 g/mol. The lowest BCUT2D eigenvalue weighted by molar-refractivity contribution is -0.120. The van der Waals surface area contributed by atoms with E-state index in [1.807, 2.05) is 24.4 Å². The molecule has 2 unspecified atom stereocenters. The Bertz CT molecular complexity index is 1280. The van der Waals surface area contributed by atoms with E-state index in [0.717, 1.165) is 36.5 Å². The molecular formula is C28H31ClN6O3. The van der Waals surface area contributed by atoms with Crippen LogP contribution in [-0.2, 0) is 10.3 Å². The molecule has 10 heteroatoms. The summed E-state index contributed by atoms with van der Waals surface area (Å²) in [5, 5.41) is 9.70. The van der Waals surface area contributed by atoms with Crippen LogP contribution in [0.4, 0.5) is 16.3 Å². The van der Waals surface area contributed by atoms with Gasteiger partial charge in [0.2, 0.25) is 5.91 Å². The Morgan fingerprint density at radius 1 is 1.05 bits per heavy atom. The number of rotatable bonds is 7. The molecule has 0 spiro atoms. The second-order valence-electron chi connectivity index (χ2n) is 9.84. The molecule has 3 heterocycles. The molecule has 1 saturated carbocycles. The number of halogens is 1. The van der Waals surface area contributed by atoms with Crippen LogP contribution in [0.15, 0.2) is 60.9 Å². The first kappa shape index (κ1) is 25.8. The van der Waals surface area contributed by atoms with E-state index in [4.69, 9.17) is 21.3 Å². The molecule has 3 amide bonds. The first-order valence-electron chi connectivity index (χ1n) is 12.7. The zero-order valence-corrected chi connectivity index (χ0v) is 22.2. The van der Waals surface area contributed by atoms with Gasteiger partial charge < -0.3 is 25.6 Å². The number of nitrogens with zero attached hydrogens (tertiary/aromatic N) is 3. The summed E-state index contributed by atoms with van der Waals surface area (Å²) in [6, 6.07) is 14.5. The topological polar surface area (TPSA) is 108 Å². The maximum Gasteiger partial charge on any atom is 0.319 e. The number of nitrogens with one attached hydrogen (secondary N) is 3. The van der Waals surface area contributed by atoms with Gasteiger partial charge in [-0.2, -0.15) is 0 Å². The summed E-state index contributed by atoms with van der Waals surface area (Å²) in [6.07, 6.45) is 6.12. The number of carbonyl (C=O) groups is 2. The summed E-state index contributed by atoms with van der Waals surface area (Å²) in [5.74, 6) is 1.43. The fourth-order valence-electron chi connectivity index (χ4n) is 5.04. The SMILES string of the molecule is COc1ccc(C2CN(c3ccc(C4(NC(C)=O)CC4)cn3)CCC2NC(=O)Nc2ccc(Cl)cc2)nc1. The first-order chi connectivity index (χ1) is 18.3. The van der Waals surface area contributed by atoms with Crippen LogP contribution in [0.3, 0.4) is 0 Å². The maximum absolute atomic E-state index is 12.9. The molecule has 2 aromatic heterocycles. The number of ether oxygens (including phenoxy) is 1. The Morgan fingerprint density at radius 2 is 1.84 bits per heavy atom. The van der Waals surface area contributed by atoms with Crippen LogP contribution in [0.5, 0.6) is 5.75 Å². The van der Waals surface area contributed by atoms with E-state index in [2.05, 4.69) is 31.9 Å². The van der Waals surface area contributed by atoms with Gasteiger partial charge in [-0.3, -0.25) is 9.78 Å². The molecule has 1 aromatic carbocycles. The first-order valence-corrected chi connectivity index (χ1v) is 13.1. The number of hydrogen-bond acceptors (Lipinski definition) is 6. The van der Waals surface area contributed by atoms with Crippen molar-refractivity contribution in [2.24, 2.45) is 0 Å². The van der Waals surface area contributed by atoms with Gasteiger partial charge >= 0.3 is 6.03 Å². The van der Waals surface area contributed by atoms with Crippen molar-refractivity contribution in [2.45, 2.75) is 43.7 Å². The van der Waals surface area contributed by atoms with Crippen LogP contribution in [0, 0.1) is 0 Å². The second-order valence-corrected chi connectivity index (χ2v) is 10.3. The third-order valence-electron chi connectivity index (χ3n) is 7.20. The van der Waals surface area contributed by atoms with Crippen molar-refractivity contribution in [3.05, 3.63) is 77.2 Å². The highest BCUT2D eigenvalue weighted by atomic mass is 35.5. The number of pyridine rings is 2. The lowest BCUT2D eigenvalue weighted by atomic mass is 9.88. The van der Waals surface area contributed by atoms with Crippen molar-refractivity contribution in [1.29, 1.82) is 0 Å². The minimum atomic E-state index is -0.278. The fraction of sp³-hybridized carbons (Fsp3) is 0.357. The smallest absolute Gasteiger partial charge is 0.319 e. The summed E-state index contributed by atoms with van der Waals surface area (Å²) >= 11 is 5.96. The van der Waals surface area contributed by atoms with Crippen molar-refractivity contribution in [3.8, 4) is 5.75 Å². The maximum atomic E-state index is 12.9. The number of methoxy groups -OCH3 is 1. The number of amides is 3. The normalized spacial score (nSPS) is 19.8. The summed E-state index contributed by atoms with van der Waals surface area (Å²) < 4.78 is 5.28. The molecule has 2 fully saturated rings. The second kappa shape index (κ2) is 10.9. The Kier molecular flexibility index (Phi) is 7.37. The molecule has 1 aliphatic carbocycles. The molecule has 1 aliphatic heterocycles. The Balaban J connectivity index is 1.32. The number of piperidine rings is 1. The largest absolute Gasteiger partial charge is 0.495 e.